The molecular formula is C15H18N2O. The molecule has 1 unspecified atom stereocenters. The minimum atomic E-state index is -0.208. The second-order valence-corrected chi connectivity index (χ2v) is 4.24. The number of pyridine rings is 1. The smallest absolute Gasteiger partial charge is 0.124 e. The fourth-order valence-electron chi connectivity index (χ4n) is 1.95. The quantitative estimate of drug-likeness (QED) is 0.896. The first-order valence-electron chi connectivity index (χ1n) is 6.11. The van der Waals surface area contributed by atoms with Crippen LogP contribution in [0.4, 0.5) is 0 Å². The Hall–Kier alpha value is -1.87. The van der Waals surface area contributed by atoms with Crippen molar-refractivity contribution >= 4 is 0 Å². The summed E-state index contributed by atoms with van der Waals surface area (Å²) in [6.07, 6.45) is 3.63. The number of benzene rings is 1. The van der Waals surface area contributed by atoms with Crippen molar-refractivity contribution in [1.82, 2.24) is 4.98 Å². The van der Waals surface area contributed by atoms with Gasteiger partial charge in [-0.05, 0) is 31.0 Å². The monoisotopic (exact) mass is 242 g/mol. The molecule has 2 rings (SSSR count). The van der Waals surface area contributed by atoms with Crippen molar-refractivity contribution in [2.45, 2.75) is 19.9 Å². The summed E-state index contributed by atoms with van der Waals surface area (Å²) in [7, 11) is 0. The molecule has 1 atom stereocenters. The van der Waals surface area contributed by atoms with Gasteiger partial charge in [0, 0.05) is 18.0 Å². The topological polar surface area (TPSA) is 48.1 Å². The van der Waals surface area contributed by atoms with Crippen molar-refractivity contribution in [3.63, 3.8) is 0 Å². The molecule has 0 fully saturated rings. The molecule has 0 bridgehead atoms. The summed E-state index contributed by atoms with van der Waals surface area (Å²) in [5, 5.41) is 0. The van der Waals surface area contributed by atoms with E-state index in [1.807, 2.05) is 44.3 Å². The SMILES string of the molecule is CCOc1ccccc1C(N)c1cncc(C)c1. The predicted octanol–water partition coefficient (Wildman–Crippen LogP) is 2.84. The van der Waals surface area contributed by atoms with Gasteiger partial charge in [-0.1, -0.05) is 24.3 Å². The van der Waals surface area contributed by atoms with Crippen molar-refractivity contribution in [3.8, 4) is 5.75 Å². The normalized spacial score (nSPS) is 12.2. The number of nitrogens with zero attached hydrogens (tertiary/aromatic N) is 1. The van der Waals surface area contributed by atoms with Crippen LogP contribution in [0.3, 0.4) is 0 Å². The van der Waals surface area contributed by atoms with Crippen molar-refractivity contribution in [3.05, 3.63) is 59.4 Å². The van der Waals surface area contributed by atoms with E-state index in [0.29, 0.717) is 6.61 Å². The van der Waals surface area contributed by atoms with Crippen LogP contribution in [0.25, 0.3) is 0 Å². The summed E-state index contributed by atoms with van der Waals surface area (Å²) < 4.78 is 5.61. The Morgan fingerprint density at radius 3 is 2.78 bits per heavy atom. The highest BCUT2D eigenvalue weighted by atomic mass is 16.5. The zero-order valence-corrected chi connectivity index (χ0v) is 10.8. The zero-order chi connectivity index (χ0) is 13.0. The van der Waals surface area contributed by atoms with Gasteiger partial charge in [0.25, 0.3) is 0 Å². The van der Waals surface area contributed by atoms with Crippen molar-refractivity contribution in [2.75, 3.05) is 6.61 Å². The van der Waals surface area contributed by atoms with Gasteiger partial charge in [0.2, 0.25) is 0 Å². The summed E-state index contributed by atoms with van der Waals surface area (Å²) in [5.41, 5.74) is 9.40. The lowest BCUT2D eigenvalue weighted by Gasteiger charge is -2.16. The maximum Gasteiger partial charge on any atom is 0.124 e. The van der Waals surface area contributed by atoms with E-state index in [1.54, 1.807) is 6.20 Å². The number of hydrogen-bond donors (Lipinski definition) is 1. The fourth-order valence-corrected chi connectivity index (χ4v) is 1.95. The minimum absolute atomic E-state index is 0.208. The Bertz CT molecular complexity index is 525. The molecular weight excluding hydrogens is 224 g/mol. The van der Waals surface area contributed by atoms with Crippen LogP contribution < -0.4 is 10.5 Å². The Kier molecular flexibility index (Phi) is 3.95. The Morgan fingerprint density at radius 1 is 1.28 bits per heavy atom. The van der Waals surface area contributed by atoms with Crippen LogP contribution in [-0.4, -0.2) is 11.6 Å². The summed E-state index contributed by atoms with van der Waals surface area (Å²) in [5.74, 6) is 0.842. The summed E-state index contributed by atoms with van der Waals surface area (Å²) in [6.45, 7) is 4.62. The lowest BCUT2D eigenvalue weighted by Crippen LogP contribution is -2.14. The van der Waals surface area contributed by atoms with E-state index in [1.165, 1.54) is 0 Å². The van der Waals surface area contributed by atoms with Crippen LogP contribution in [0, 0.1) is 6.92 Å². The van der Waals surface area contributed by atoms with E-state index in [-0.39, 0.29) is 6.04 Å². The number of nitrogens with two attached hydrogens (primary N) is 1. The van der Waals surface area contributed by atoms with Crippen LogP contribution in [0.2, 0.25) is 0 Å². The Labute approximate surface area is 108 Å². The van der Waals surface area contributed by atoms with Crippen molar-refractivity contribution in [1.29, 1.82) is 0 Å². The molecule has 1 heterocycles. The van der Waals surface area contributed by atoms with Gasteiger partial charge in [0.15, 0.2) is 0 Å². The highest BCUT2D eigenvalue weighted by molar-refractivity contribution is 5.41. The second-order valence-electron chi connectivity index (χ2n) is 4.24. The van der Waals surface area contributed by atoms with Gasteiger partial charge in [0.05, 0.1) is 12.6 Å². The van der Waals surface area contributed by atoms with E-state index >= 15 is 0 Å². The van der Waals surface area contributed by atoms with Crippen molar-refractivity contribution in [2.24, 2.45) is 5.73 Å². The molecule has 2 N–H and O–H groups in total. The molecule has 0 spiro atoms. The molecule has 0 saturated carbocycles. The Morgan fingerprint density at radius 2 is 2.06 bits per heavy atom. The van der Waals surface area contributed by atoms with Crippen molar-refractivity contribution < 1.29 is 4.74 Å². The van der Waals surface area contributed by atoms with Crippen LogP contribution in [-0.2, 0) is 0 Å². The van der Waals surface area contributed by atoms with Gasteiger partial charge in [0.1, 0.15) is 5.75 Å². The van der Waals surface area contributed by atoms with Crippen LogP contribution >= 0.6 is 0 Å². The number of hydrogen-bond acceptors (Lipinski definition) is 3. The number of rotatable bonds is 4. The van der Waals surface area contributed by atoms with Gasteiger partial charge in [-0.15, -0.1) is 0 Å². The van der Waals surface area contributed by atoms with E-state index in [4.69, 9.17) is 10.5 Å². The molecule has 0 radical (unpaired) electrons. The third-order valence-electron chi connectivity index (χ3n) is 2.81. The standard InChI is InChI=1S/C15H18N2O/c1-3-18-14-7-5-4-6-13(14)15(16)12-8-11(2)9-17-10-12/h4-10,15H,3,16H2,1-2H3. The molecule has 0 saturated heterocycles. The fraction of sp³-hybridized carbons (Fsp3) is 0.267. The van der Waals surface area contributed by atoms with E-state index < -0.39 is 0 Å². The molecule has 0 amide bonds. The van der Waals surface area contributed by atoms with Gasteiger partial charge in [-0.3, -0.25) is 4.98 Å². The number of ether oxygens (including phenoxy) is 1. The van der Waals surface area contributed by atoms with Crippen LogP contribution in [0.1, 0.15) is 29.7 Å². The maximum atomic E-state index is 6.30. The average Bonchev–Trinajstić information content (AvgIpc) is 2.39. The first-order valence-corrected chi connectivity index (χ1v) is 6.11. The summed E-state index contributed by atoms with van der Waals surface area (Å²) >= 11 is 0. The first kappa shape index (κ1) is 12.6. The zero-order valence-electron chi connectivity index (χ0n) is 10.8. The molecule has 0 aliphatic heterocycles. The number of aromatic nitrogens is 1. The summed E-state index contributed by atoms with van der Waals surface area (Å²) in [4.78, 5) is 4.19. The lowest BCUT2D eigenvalue weighted by molar-refractivity contribution is 0.335. The third kappa shape index (κ3) is 2.68. The highest BCUT2D eigenvalue weighted by Gasteiger charge is 2.14. The number of para-hydroxylation sites is 1. The maximum absolute atomic E-state index is 6.30. The minimum Gasteiger partial charge on any atom is -0.494 e. The second kappa shape index (κ2) is 5.65. The molecule has 0 aliphatic carbocycles. The molecule has 0 aliphatic rings. The van der Waals surface area contributed by atoms with E-state index in [9.17, 15) is 0 Å². The summed E-state index contributed by atoms with van der Waals surface area (Å²) in [6, 6.07) is 9.72. The molecule has 1 aromatic carbocycles. The van der Waals surface area contributed by atoms with E-state index in [2.05, 4.69) is 11.1 Å². The van der Waals surface area contributed by atoms with Crippen LogP contribution in [0.5, 0.6) is 5.75 Å². The van der Waals surface area contributed by atoms with E-state index in [0.717, 1.165) is 22.4 Å². The molecule has 3 heteroatoms. The molecule has 1 aromatic heterocycles. The molecule has 18 heavy (non-hydrogen) atoms. The molecule has 3 nitrogen and oxygen atoms in total. The third-order valence-corrected chi connectivity index (χ3v) is 2.81. The van der Waals surface area contributed by atoms with Gasteiger partial charge in [-0.2, -0.15) is 0 Å². The molecule has 94 valence electrons. The van der Waals surface area contributed by atoms with Gasteiger partial charge in [-0.25, -0.2) is 0 Å². The van der Waals surface area contributed by atoms with Crippen LogP contribution in [0.15, 0.2) is 42.7 Å². The highest BCUT2D eigenvalue weighted by Crippen LogP contribution is 2.28. The predicted molar refractivity (Wildman–Crippen MR) is 72.6 cm³/mol. The lowest BCUT2D eigenvalue weighted by atomic mass is 9.99. The molecule has 2 aromatic rings. The Balaban J connectivity index is 2.36. The number of aryl methyl sites for hydroxylation is 1. The van der Waals surface area contributed by atoms with Gasteiger partial charge >= 0.3 is 0 Å². The average molecular weight is 242 g/mol. The largest absolute Gasteiger partial charge is 0.494 e. The first-order chi connectivity index (χ1) is 8.72. The van der Waals surface area contributed by atoms with Gasteiger partial charge < -0.3 is 10.5 Å².